The number of carbonyl (C=O) groups excluding carboxylic acids is 1. The topological polar surface area (TPSA) is 53.7 Å². The van der Waals surface area contributed by atoms with E-state index in [0.29, 0.717) is 23.0 Å². The van der Waals surface area contributed by atoms with E-state index in [1.165, 1.54) is 0 Å². The normalized spacial score (nSPS) is 17.4. The van der Waals surface area contributed by atoms with Crippen molar-refractivity contribution in [2.45, 2.75) is 18.9 Å². The Balaban J connectivity index is 1.78. The van der Waals surface area contributed by atoms with Crippen molar-refractivity contribution in [3.8, 4) is 0 Å². The first kappa shape index (κ1) is 15.4. The van der Waals surface area contributed by atoms with E-state index in [1.54, 1.807) is 29.4 Å². The van der Waals surface area contributed by atoms with Crippen LogP contribution in [0.1, 0.15) is 22.9 Å². The van der Waals surface area contributed by atoms with Crippen LogP contribution in [0.3, 0.4) is 0 Å². The minimum absolute atomic E-state index is 0.0516. The van der Waals surface area contributed by atoms with Crippen molar-refractivity contribution in [1.82, 2.24) is 4.90 Å². The average molecular weight is 340 g/mol. The van der Waals surface area contributed by atoms with E-state index >= 15 is 0 Å². The average Bonchev–Trinajstić information content (AvgIpc) is 2.98. The number of hydrogen-bond acceptors (Lipinski definition) is 3. The summed E-state index contributed by atoms with van der Waals surface area (Å²) < 4.78 is 5.38. The Labute approximate surface area is 138 Å². The zero-order chi connectivity index (χ0) is 15.7. The molecular formula is C16H15Cl2NO3. The lowest BCUT2D eigenvalue weighted by Gasteiger charge is -2.34. The smallest absolute Gasteiger partial charge is 0.227 e. The van der Waals surface area contributed by atoms with Crippen LogP contribution in [0.15, 0.2) is 34.9 Å². The number of nitrogens with zero attached hydrogens (tertiary/aromatic N) is 1. The lowest BCUT2D eigenvalue weighted by Crippen LogP contribution is -2.42. The number of hydrogen-bond donors (Lipinski definition) is 1. The fourth-order valence-corrected chi connectivity index (χ4v) is 3.14. The molecule has 0 saturated heterocycles. The van der Waals surface area contributed by atoms with Gasteiger partial charge >= 0.3 is 0 Å². The highest BCUT2D eigenvalue weighted by Crippen LogP contribution is 2.31. The zero-order valence-electron chi connectivity index (χ0n) is 11.8. The molecule has 2 aromatic rings. The van der Waals surface area contributed by atoms with E-state index in [9.17, 15) is 9.90 Å². The molecule has 1 amide bonds. The van der Waals surface area contributed by atoms with Crippen LogP contribution in [0.4, 0.5) is 0 Å². The van der Waals surface area contributed by atoms with Gasteiger partial charge in [-0.25, -0.2) is 0 Å². The van der Waals surface area contributed by atoms with Crippen LogP contribution in [-0.2, 0) is 17.6 Å². The van der Waals surface area contributed by atoms with Crippen LogP contribution >= 0.6 is 23.2 Å². The molecule has 6 heteroatoms. The van der Waals surface area contributed by atoms with Crippen LogP contribution < -0.4 is 0 Å². The summed E-state index contributed by atoms with van der Waals surface area (Å²) >= 11 is 11.9. The summed E-state index contributed by atoms with van der Waals surface area (Å²) in [6.45, 7) is 0.408. The Hall–Kier alpha value is -1.49. The van der Waals surface area contributed by atoms with E-state index in [2.05, 4.69) is 0 Å². The van der Waals surface area contributed by atoms with Crippen LogP contribution in [0.25, 0.3) is 0 Å². The van der Waals surface area contributed by atoms with E-state index in [4.69, 9.17) is 27.6 Å². The summed E-state index contributed by atoms with van der Waals surface area (Å²) in [4.78, 5) is 14.3. The summed E-state index contributed by atoms with van der Waals surface area (Å²) in [6, 6.07) is 6.63. The van der Waals surface area contributed by atoms with Gasteiger partial charge in [-0.05, 0) is 23.8 Å². The summed E-state index contributed by atoms with van der Waals surface area (Å²) in [5, 5.41) is 10.5. The molecule has 0 aliphatic carbocycles. The molecule has 0 bridgehead atoms. The number of furan rings is 1. The fraction of sp³-hybridized carbons (Fsp3) is 0.312. The second-order valence-electron chi connectivity index (χ2n) is 5.26. The lowest BCUT2D eigenvalue weighted by atomic mass is 9.99. The number of fused-ring (bicyclic) bond motifs is 1. The molecule has 1 aromatic carbocycles. The summed E-state index contributed by atoms with van der Waals surface area (Å²) in [5.74, 6) is 0.793. The molecule has 1 N–H and O–H groups in total. The predicted molar refractivity (Wildman–Crippen MR) is 84.1 cm³/mol. The maximum Gasteiger partial charge on any atom is 0.227 e. The van der Waals surface area contributed by atoms with Crippen LogP contribution in [0.2, 0.25) is 10.0 Å². The summed E-state index contributed by atoms with van der Waals surface area (Å²) in [5.41, 5.74) is 1.69. The first-order valence-electron chi connectivity index (χ1n) is 7.00. The third-order valence-corrected chi connectivity index (χ3v) is 4.67. The largest absolute Gasteiger partial charge is 0.469 e. The highest BCUT2D eigenvalue weighted by atomic mass is 35.5. The molecule has 0 saturated carbocycles. The molecule has 1 aliphatic heterocycles. The van der Waals surface area contributed by atoms with Crippen molar-refractivity contribution in [3.63, 3.8) is 0 Å². The van der Waals surface area contributed by atoms with E-state index in [-0.39, 0.29) is 25.0 Å². The Bertz CT molecular complexity index is 698. The number of aliphatic hydroxyl groups is 1. The Morgan fingerprint density at radius 1 is 1.32 bits per heavy atom. The molecule has 0 radical (unpaired) electrons. The maximum absolute atomic E-state index is 12.6. The molecule has 0 fully saturated rings. The standard InChI is InChI=1S/C16H15Cl2NO3/c17-12-2-1-10(7-13(12)18)8-16(21)19-5-3-15-11(4-6-22-15)14(19)9-20/h1-2,4,6-7,14,20H,3,5,8-9H2. The molecule has 0 spiro atoms. The monoisotopic (exact) mass is 339 g/mol. The number of carbonyl (C=O) groups is 1. The van der Waals surface area contributed by atoms with Gasteiger partial charge in [0.15, 0.2) is 0 Å². The van der Waals surface area contributed by atoms with Crippen LogP contribution in [0.5, 0.6) is 0 Å². The minimum Gasteiger partial charge on any atom is -0.469 e. The molecule has 116 valence electrons. The molecule has 1 atom stereocenters. The van der Waals surface area contributed by atoms with Crippen LogP contribution in [-0.4, -0.2) is 29.1 Å². The third kappa shape index (κ3) is 2.86. The number of benzene rings is 1. The molecule has 4 nitrogen and oxygen atoms in total. The van der Waals surface area contributed by atoms with Gasteiger partial charge < -0.3 is 14.4 Å². The molecule has 1 aromatic heterocycles. The Kier molecular flexibility index (Phi) is 4.43. The number of aliphatic hydroxyl groups excluding tert-OH is 1. The zero-order valence-corrected chi connectivity index (χ0v) is 13.3. The van der Waals surface area contributed by atoms with E-state index in [0.717, 1.165) is 16.9 Å². The fourth-order valence-electron chi connectivity index (χ4n) is 2.82. The summed E-state index contributed by atoms with van der Waals surface area (Å²) in [7, 11) is 0. The lowest BCUT2D eigenvalue weighted by molar-refractivity contribution is -0.134. The van der Waals surface area contributed by atoms with Gasteiger partial charge in [0.2, 0.25) is 5.91 Å². The van der Waals surface area contributed by atoms with Gasteiger partial charge in [0.1, 0.15) is 5.76 Å². The summed E-state index contributed by atoms with van der Waals surface area (Å²) in [6.07, 6.45) is 2.48. The van der Waals surface area contributed by atoms with E-state index in [1.807, 2.05) is 6.07 Å². The van der Waals surface area contributed by atoms with Gasteiger partial charge in [-0.2, -0.15) is 0 Å². The number of halogens is 2. The third-order valence-electron chi connectivity index (χ3n) is 3.93. The highest BCUT2D eigenvalue weighted by Gasteiger charge is 2.31. The number of rotatable bonds is 3. The highest BCUT2D eigenvalue weighted by molar-refractivity contribution is 6.42. The molecule has 2 heterocycles. The van der Waals surface area contributed by atoms with Gasteiger partial charge in [0.25, 0.3) is 0 Å². The molecule has 22 heavy (non-hydrogen) atoms. The van der Waals surface area contributed by atoms with Crippen molar-refractivity contribution in [1.29, 1.82) is 0 Å². The SMILES string of the molecule is O=C(Cc1ccc(Cl)c(Cl)c1)N1CCc2occc2C1CO. The van der Waals surface area contributed by atoms with Gasteiger partial charge in [-0.3, -0.25) is 4.79 Å². The Morgan fingerprint density at radius 3 is 2.86 bits per heavy atom. The predicted octanol–water partition coefficient (Wildman–Crippen LogP) is 3.25. The van der Waals surface area contributed by atoms with E-state index < -0.39 is 0 Å². The number of amides is 1. The van der Waals surface area contributed by atoms with Crippen molar-refractivity contribution < 1.29 is 14.3 Å². The Morgan fingerprint density at radius 2 is 2.14 bits per heavy atom. The quantitative estimate of drug-likeness (QED) is 0.933. The second kappa shape index (κ2) is 6.32. The molecule has 3 rings (SSSR count). The first-order chi connectivity index (χ1) is 10.6. The maximum atomic E-state index is 12.6. The second-order valence-corrected chi connectivity index (χ2v) is 6.07. The van der Waals surface area contributed by atoms with Crippen molar-refractivity contribution in [3.05, 3.63) is 57.5 Å². The molecule has 1 aliphatic rings. The van der Waals surface area contributed by atoms with Gasteiger partial charge in [0, 0.05) is 18.5 Å². The van der Waals surface area contributed by atoms with Gasteiger partial charge in [-0.15, -0.1) is 0 Å². The van der Waals surface area contributed by atoms with Crippen LogP contribution in [0, 0.1) is 0 Å². The molecular weight excluding hydrogens is 325 g/mol. The van der Waals surface area contributed by atoms with Gasteiger partial charge in [-0.1, -0.05) is 29.3 Å². The minimum atomic E-state index is -0.349. The van der Waals surface area contributed by atoms with Crippen molar-refractivity contribution in [2.24, 2.45) is 0 Å². The first-order valence-corrected chi connectivity index (χ1v) is 7.76. The van der Waals surface area contributed by atoms with Crippen molar-refractivity contribution >= 4 is 29.1 Å². The molecule has 1 unspecified atom stereocenters. The van der Waals surface area contributed by atoms with Gasteiger partial charge in [0.05, 0.1) is 35.4 Å². The van der Waals surface area contributed by atoms with Crippen molar-refractivity contribution in [2.75, 3.05) is 13.2 Å².